The lowest BCUT2D eigenvalue weighted by Crippen LogP contribution is -2.37. The van der Waals surface area contributed by atoms with Gasteiger partial charge in [0.15, 0.2) is 0 Å². The molecule has 0 unspecified atom stereocenters. The van der Waals surface area contributed by atoms with E-state index in [2.05, 4.69) is 4.98 Å². The standard InChI is InChI=1S/C17H18N2O2/c1-12-9-15(21-2)10-14(18-12)11-19-8-7-13-5-3-4-6-16(13)17(19)20/h3-6,9-10H,7-8,11H2,1-2H3. The number of amides is 1. The molecule has 0 fully saturated rings. The topological polar surface area (TPSA) is 42.4 Å². The molecule has 4 nitrogen and oxygen atoms in total. The fourth-order valence-corrected chi connectivity index (χ4v) is 2.72. The number of hydrogen-bond acceptors (Lipinski definition) is 3. The number of ether oxygens (including phenoxy) is 1. The van der Waals surface area contributed by atoms with Gasteiger partial charge in [-0.1, -0.05) is 18.2 Å². The average molecular weight is 282 g/mol. The average Bonchev–Trinajstić information content (AvgIpc) is 2.50. The molecule has 0 N–H and O–H groups in total. The Kier molecular flexibility index (Phi) is 3.60. The van der Waals surface area contributed by atoms with Gasteiger partial charge in [0, 0.05) is 29.9 Å². The van der Waals surface area contributed by atoms with Crippen LogP contribution < -0.4 is 4.74 Å². The fraction of sp³-hybridized carbons (Fsp3) is 0.294. The number of rotatable bonds is 3. The zero-order valence-electron chi connectivity index (χ0n) is 12.3. The SMILES string of the molecule is COc1cc(C)nc(CN2CCc3ccccc3C2=O)c1. The summed E-state index contributed by atoms with van der Waals surface area (Å²) in [6.45, 7) is 3.18. The molecule has 0 bridgehead atoms. The fourth-order valence-electron chi connectivity index (χ4n) is 2.72. The molecule has 108 valence electrons. The summed E-state index contributed by atoms with van der Waals surface area (Å²) < 4.78 is 5.26. The smallest absolute Gasteiger partial charge is 0.254 e. The van der Waals surface area contributed by atoms with Gasteiger partial charge in [-0.15, -0.1) is 0 Å². The number of methoxy groups -OCH3 is 1. The Balaban J connectivity index is 1.83. The van der Waals surface area contributed by atoms with Gasteiger partial charge in [0.25, 0.3) is 5.91 Å². The van der Waals surface area contributed by atoms with E-state index in [-0.39, 0.29) is 5.91 Å². The van der Waals surface area contributed by atoms with Gasteiger partial charge in [-0.25, -0.2) is 0 Å². The highest BCUT2D eigenvalue weighted by Gasteiger charge is 2.24. The van der Waals surface area contributed by atoms with Crippen molar-refractivity contribution in [2.75, 3.05) is 13.7 Å². The van der Waals surface area contributed by atoms with Crippen molar-refractivity contribution in [2.24, 2.45) is 0 Å². The van der Waals surface area contributed by atoms with Crippen LogP contribution in [0.25, 0.3) is 0 Å². The molecule has 4 heteroatoms. The van der Waals surface area contributed by atoms with Gasteiger partial charge in [-0.2, -0.15) is 0 Å². The van der Waals surface area contributed by atoms with E-state index in [9.17, 15) is 4.79 Å². The number of carbonyl (C=O) groups is 1. The number of fused-ring (bicyclic) bond motifs is 1. The molecule has 1 amide bonds. The molecule has 1 aromatic heterocycles. The number of pyridine rings is 1. The first kappa shape index (κ1) is 13.6. The summed E-state index contributed by atoms with van der Waals surface area (Å²) in [5.74, 6) is 0.862. The van der Waals surface area contributed by atoms with Crippen molar-refractivity contribution in [1.82, 2.24) is 9.88 Å². The summed E-state index contributed by atoms with van der Waals surface area (Å²) >= 11 is 0. The summed E-state index contributed by atoms with van der Waals surface area (Å²) in [6.07, 6.45) is 0.894. The molecular weight excluding hydrogens is 264 g/mol. The Bertz CT molecular complexity index is 682. The highest BCUT2D eigenvalue weighted by molar-refractivity contribution is 5.96. The zero-order chi connectivity index (χ0) is 14.8. The Morgan fingerprint density at radius 2 is 2.10 bits per heavy atom. The normalized spacial score (nSPS) is 14.0. The molecular formula is C17H18N2O2. The van der Waals surface area contributed by atoms with Crippen molar-refractivity contribution in [1.29, 1.82) is 0 Å². The van der Waals surface area contributed by atoms with Crippen molar-refractivity contribution in [3.63, 3.8) is 0 Å². The van der Waals surface area contributed by atoms with Crippen LogP contribution in [0.3, 0.4) is 0 Å². The highest BCUT2D eigenvalue weighted by Crippen LogP contribution is 2.21. The third-order valence-electron chi connectivity index (χ3n) is 3.75. The van der Waals surface area contributed by atoms with E-state index < -0.39 is 0 Å². The van der Waals surface area contributed by atoms with E-state index in [4.69, 9.17) is 4.74 Å². The van der Waals surface area contributed by atoms with Crippen LogP contribution in [0.15, 0.2) is 36.4 Å². The summed E-state index contributed by atoms with van der Waals surface area (Å²) in [5.41, 5.74) is 3.70. The molecule has 2 aromatic rings. The molecule has 0 atom stereocenters. The predicted octanol–water partition coefficient (Wildman–Crippen LogP) is 2.60. The highest BCUT2D eigenvalue weighted by atomic mass is 16.5. The molecule has 0 radical (unpaired) electrons. The minimum absolute atomic E-state index is 0.0825. The van der Waals surface area contributed by atoms with Gasteiger partial charge in [0.2, 0.25) is 0 Å². The number of aryl methyl sites for hydroxylation is 1. The third-order valence-corrected chi connectivity index (χ3v) is 3.75. The van der Waals surface area contributed by atoms with Gasteiger partial charge in [0.1, 0.15) is 5.75 Å². The monoisotopic (exact) mass is 282 g/mol. The maximum absolute atomic E-state index is 12.5. The minimum Gasteiger partial charge on any atom is -0.497 e. The molecule has 1 aromatic carbocycles. The molecule has 0 spiro atoms. The number of carbonyl (C=O) groups excluding carboxylic acids is 1. The van der Waals surface area contributed by atoms with Crippen molar-refractivity contribution in [3.05, 3.63) is 58.9 Å². The molecule has 2 heterocycles. The number of hydrogen-bond donors (Lipinski definition) is 0. The van der Waals surface area contributed by atoms with Gasteiger partial charge in [-0.3, -0.25) is 9.78 Å². The maximum Gasteiger partial charge on any atom is 0.254 e. The lowest BCUT2D eigenvalue weighted by molar-refractivity contribution is 0.0724. The molecule has 21 heavy (non-hydrogen) atoms. The molecule has 3 rings (SSSR count). The zero-order valence-corrected chi connectivity index (χ0v) is 12.3. The van der Waals surface area contributed by atoms with Crippen LogP contribution in [0, 0.1) is 6.92 Å². The first-order chi connectivity index (χ1) is 10.2. The van der Waals surface area contributed by atoms with E-state index in [1.165, 1.54) is 0 Å². The second-order valence-electron chi connectivity index (χ2n) is 5.27. The van der Waals surface area contributed by atoms with Gasteiger partial charge < -0.3 is 9.64 Å². The van der Waals surface area contributed by atoms with Crippen molar-refractivity contribution in [2.45, 2.75) is 19.9 Å². The van der Waals surface area contributed by atoms with E-state index in [0.717, 1.165) is 41.2 Å². The van der Waals surface area contributed by atoms with Crippen LogP contribution in [-0.4, -0.2) is 29.4 Å². The second kappa shape index (κ2) is 5.56. The summed E-state index contributed by atoms with van der Waals surface area (Å²) in [5, 5.41) is 0. The number of nitrogens with zero attached hydrogens (tertiary/aromatic N) is 2. The van der Waals surface area contributed by atoms with Crippen molar-refractivity contribution < 1.29 is 9.53 Å². The maximum atomic E-state index is 12.5. The summed E-state index contributed by atoms with van der Waals surface area (Å²) in [6, 6.07) is 11.6. The molecule has 1 aliphatic heterocycles. The quantitative estimate of drug-likeness (QED) is 0.869. The third kappa shape index (κ3) is 2.75. The van der Waals surface area contributed by atoms with Crippen molar-refractivity contribution in [3.8, 4) is 5.75 Å². The number of aromatic nitrogens is 1. The Morgan fingerprint density at radius 1 is 1.29 bits per heavy atom. The van der Waals surface area contributed by atoms with Crippen LogP contribution in [0.2, 0.25) is 0 Å². The van der Waals surface area contributed by atoms with E-state index >= 15 is 0 Å². The predicted molar refractivity (Wildman–Crippen MR) is 80.4 cm³/mol. The largest absolute Gasteiger partial charge is 0.497 e. The second-order valence-corrected chi connectivity index (χ2v) is 5.27. The summed E-state index contributed by atoms with van der Waals surface area (Å²) in [4.78, 5) is 18.9. The van der Waals surface area contributed by atoms with Crippen LogP contribution in [0.4, 0.5) is 0 Å². The Hall–Kier alpha value is -2.36. The molecule has 0 aliphatic carbocycles. The molecule has 1 aliphatic rings. The number of benzene rings is 1. The van der Waals surface area contributed by atoms with E-state index in [1.54, 1.807) is 7.11 Å². The van der Waals surface area contributed by atoms with Gasteiger partial charge >= 0.3 is 0 Å². The van der Waals surface area contributed by atoms with E-state index in [1.807, 2.05) is 48.2 Å². The minimum atomic E-state index is 0.0825. The first-order valence-corrected chi connectivity index (χ1v) is 7.06. The van der Waals surface area contributed by atoms with Gasteiger partial charge in [-0.05, 0) is 25.0 Å². The Morgan fingerprint density at radius 3 is 2.90 bits per heavy atom. The summed E-state index contributed by atoms with van der Waals surface area (Å²) in [7, 11) is 1.64. The lowest BCUT2D eigenvalue weighted by Gasteiger charge is -2.28. The van der Waals surface area contributed by atoms with Crippen LogP contribution in [0.1, 0.15) is 27.3 Å². The first-order valence-electron chi connectivity index (χ1n) is 7.06. The molecule has 0 saturated heterocycles. The Labute approximate surface area is 124 Å². The van der Waals surface area contributed by atoms with Crippen LogP contribution in [-0.2, 0) is 13.0 Å². The lowest BCUT2D eigenvalue weighted by atomic mass is 9.99. The van der Waals surface area contributed by atoms with Crippen LogP contribution in [0.5, 0.6) is 5.75 Å². The van der Waals surface area contributed by atoms with E-state index in [0.29, 0.717) is 6.54 Å². The van der Waals surface area contributed by atoms with Crippen LogP contribution >= 0.6 is 0 Å². The van der Waals surface area contributed by atoms with Gasteiger partial charge in [0.05, 0.1) is 19.3 Å². The van der Waals surface area contributed by atoms with Crippen molar-refractivity contribution >= 4 is 5.91 Å². The molecule has 0 saturated carbocycles.